The Hall–Kier alpha value is -4.10. The Morgan fingerprint density at radius 1 is 0.939 bits per heavy atom. The molecule has 0 atom stereocenters. The summed E-state index contributed by atoms with van der Waals surface area (Å²) < 4.78 is 15.8. The highest BCUT2D eigenvalue weighted by atomic mass is 35.5. The highest BCUT2D eigenvalue weighted by Crippen LogP contribution is 2.17. The van der Waals surface area contributed by atoms with E-state index in [1.54, 1.807) is 73.8 Å². The maximum Gasteiger partial charge on any atom is 0.336 e. The van der Waals surface area contributed by atoms with Crippen LogP contribution in [0.1, 0.15) is 11.1 Å². The first-order chi connectivity index (χ1) is 16.0. The molecule has 0 unspecified atom stereocenters. The fraction of sp³-hybridized carbons (Fsp3) is 0.0800. The van der Waals surface area contributed by atoms with Crippen LogP contribution in [0.3, 0.4) is 0 Å². The van der Waals surface area contributed by atoms with Crippen LogP contribution in [-0.4, -0.2) is 31.8 Å². The molecular weight excluding hydrogens is 444 g/mol. The van der Waals surface area contributed by atoms with E-state index in [0.29, 0.717) is 22.1 Å². The predicted octanol–water partition coefficient (Wildman–Crippen LogP) is 4.50. The second-order valence-electron chi connectivity index (χ2n) is 6.64. The molecule has 1 amide bonds. The molecule has 0 aliphatic carbocycles. The molecule has 0 saturated carbocycles. The maximum absolute atomic E-state index is 12.1. The van der Waals surface area contributed by atoms with E-state index < -0.39 is 11.9 Å². The molecule has 0 aliphatic rings. The number of esters is 1. The van der Waals surface area contributed by atoms with Crippen molar-refractivity contribution in [2.24, 2.45) is 5.10 Å². The Bertz CT molecular complexity index is 1160. The van der Waals surface area contributed by atoms with Crippen molar-refractivity contribution in [3.05, 3.63) is 95.0 Å². The van der Waals surface area contributed by atoms with Gasteiger partial charge in [0, 0.05) is 11.1 Å². The van der Waals surface area contributed by atoms with Gasteiger partial charge in [-0.3, -0.25) is 4.79 Å². The number of hydrogen-bond acceptors (Lipinski definition) is 6. The average molecular weight is 465 g/mol. The number of carbonyl (C=O) groups excluding carboxylic acids is 2. The summed E-state index contributed by atoms with van der Waals surface area (Å²) in [4.78, 5) is 23.9. The Balaban J connectivity index is 1.48. The third-order valence-electron chi connectivity index (χ3n) is 4.17. The number of nitrogens with one attached hydrogen (secondary N) is 1. The lowest BCUT2D eigenvalue weighted by atomic mass is 10.2. The van der Waals surface area contributed by atoms with Gasteiger partial charge in [0.25, 0.3) is 5.91 Å². The van der Waals surface area contributed by atoms with Gasteiger partial charge in [-0.15, -0.1) is 0 Å². The van der Waals surface area contributed by atoms with E-state index in [1.807, 2.05) is 12.1 Å². The van der Waals surface area contributed by atoms with Crippen LogP contribution in [0.15, 0.2) is 84.0 Å². The molecule has 168 valence electrons. The van der Waals surface area contributed by atoms with E-state index in [2.05, 4.69) is 10.5 Å². The first-order valence-electron chi connectivity index (χ1n) is 9.86. The minimum Gasteiger partial charge on any atom is -0.497 e. The largest absolute Gasteiger partial charge is 0.497 e. The van der Waals surface area contributed by atoms with E-state index >= 15 is 0 Å². The zero-order valence-electron chi connectivity index (χ0n) is 17.7. The Morgan fingerprint density at radius 3 is 2.45 bits per heavy atom. The van der Waals surface area contributed by atoms with Crippen LogP contribution in [0.2, 0.25) is 5.02 Å². The molecule has 1 N–H and O–H groups in total. The van der Waals surface area contributed by atoms with Crippen LogP contribution in [0, 0.1) is 0 Å². The number of amides is 1. The third kappa shape index (κ3) is 8.16. The number of ether oxygens (including phenoxy) is 3. The third-order valence-corrected chi connectivity index (χ3v) is 4.41. The van der Waals surface area contributed by atoms with E-state index in [4.69, 9.17) is 25.8 Å². The van der Waals surface area contributed by atoms with Crippen molar-refractivity contribution in [3.8, 4) is 17.2 Å². The van der Waals surface area contributed by atoms with Crippen LogP contribution in [0.4, 0.5) is 0 Å². The topological polar surface area (TPSA) is 86.2 Å². The lowest BCUT2D eigenvalue weighted by Crippen LogP contribution is -2.24. The minimum atomic E-state index is -0.522. The summed E-state index contributed by atoms with van der Waals surface area (Å²) >= 11 is 5.87. The summed E-state index contributed by atoms with van der Waals surface area (Å²) in [5, 5.41) is 4.40. The number of carbonyl (C=O) groups is 2. The minimum absolute atomic E-state index is 0.212. The lowest BCUT2D eigenvalue weighted by molar-refractivity contribution is -0.129. The van der Waals surface area contributed by atoms with Gasteiger partial charge >= 0.3 is 5.97 Å². The van der Waals surface area contributed by atoms with Gasteiger partial charge in [-0.25, -0.2) is 10.2 Å². The predicted molar refractivity (Wildman–Crippen MR) is 127 cm³/mol. The number of halogens is 1. The molecule has 3 aromatic rings. The monoisotopic (exact) mass is 464 g/mol. The maximum atomic E-state index is 12.1. The van der Waals surface area contributed by atoms with Gasteiger partial charge in [0.15, 0.2) is 6.61 Å². The Kier molecular flexibility index (Phi) is 8.62. The molecule has 0 saturated heterocycles. The molecule has 0 spiro atoms. The summed E-state index contributed by atoms with van der Waals surface area (Å²) in [6.45, 7) is -0.212. The van der Waals surface area contributed by atoms with Gasteiger partial charge < -0.3 is 14.2 Å². The molecular formula is C25H21ClN2O5. The van der Waals surface area contributed by atoms with E-state index in [0.717, 1.165) is 11.3 Å². The first kappa shape index (κ1) is 23.6. The first-order valence-corrected chi connectivity index (χ1v) is 10.2. The highest BCUT2D eigenvalue weighted by Gasteiger charge is 2.03. The van der Waals surface area contributed by atoms with Gasteiger partial charge in [0.2, 0.25) is 0 Å². The fourth-order valence-corrected chi connectivity index (χ4v) is 2.78. The van der Waals surface area contributed by atoms with Crippen molar-refractivity contribution in [3.63, 3.8) is 0 Å². The van der Waals surface area contributed by atoms with Gasteiger partial charge in [-0.2, -0.15) is 5.10 Å². The molecule has 0 heterocycles. The Labute approximate surface area is 196 Å². The summed E-state index contributed by atoms with van der Waals surface area (Å²) in [6, 6.07) is 20.7. The second-order valence-corrected chi connectivity index (χ2v) is 7.08. The molecule has 0 radical (unpaired) electrons. The number of nitrogens with zero attached hydrogens (tertiary/aromatic N) is 1. The summed E-state index contributed by atoms with van der Waals surface area (Å²) in [6.07, 6.45) is 4.42. The Morgan fingerprint density at radius 2 is 1.70 bits per heavy atom. The number of hydrogen-bond donors (Lipinski definition) is 1. The molecule has 0 fully saturated rings. The molecule has 3 aromatic carbocycles. The van der Waals surface area contributed by atoms with Crippen molar-refractivity contribution < 1.29 is 23.8 Å². The molecule has 3 rings (SSSR count). The van der Waals surface area contributed by atoms with E-state index in [9.17, 15) is 9.59 Å². The molecule has 0 aromatic heterocycles. The summed E-state index contributed by atoms with van der Waals surface area (Å²) in [5.74, 6) is 0.609. The molecule has 8 heteroatoms. The number of methoxy groups -OCH3 is 1. The molecule has 33 heavy (non-hydrogen) atoms. The van der Waals surface area contributed by atoms with Crippen molar-refractivity contribution in [2.75, 3.05) is 13.7 Å². The van der Waals surface area contributed by atoms with Crippen molar-refractivity contribution in [2.45, 2.75) is 0 Å². The van der Waals surface area contributed by atoms with Gasteiger partial charge in [0.1, 0.15) is 17.2 Å². The zero-order valence-corrected chi connectivity index (χ0v) is 18.5. The normalized spacial score (nSPS) is 10.8. The zero-order chi connectivity index (χ0) is 23.5. The quantitative estimate of drug-likeness (QED) is 0.166. The van der Waals surface area contributed by atoms with Crippen molar-refractivity contribution >= 4 is 35.8 Å². The van der Waals surface area contributed by atoms with E-state index in [-0.39, 0.29) is 6.61 Å². The summed E-state index contributed by atoms with van der Waals surface area (Å²) in [5.41, 5.74) is 3.84. The average Bonchev–Trinajstić information content (AvgIpc) is 2.82. The van der Waals surface area contributed by atoms with Gasteiger partial charge in [-0.05, 0) is 59.7 Å². The van der Waals surface area contributed by atoms with Crippen LogP contribution in [0.5, 0.6) is 17.2 Å². The van der Waals surface area contributed by atoms with Crippen molar-refractivity contribution in [1.82, 2.24) is 5.43 Å². The summed E-state index contributed by atoms with van der Waals surface area (Å²) in [7, 11) is 1.59. The van der Waals surface area contributed by atoms with Crippen LogP contribution in [-0.2, 0) is 9.59 Å². The molecule has 0 aliphatic heterocycles. The van der Waals surface area contributed by atoms with Crippen LogP contribution >= 0.6 is 11.6 Å². The number of hydrazone groups is 1. The van der Waals surface area contributed by atoms with Gasteiger partial charge in [0.05, 0.1) is 13.3 Å². The lowest BCUT2D eigenvalue weighted by Gasteiger charge is -2.05. The SMILES string of the molecule is COc1ccc(/C=C/C(=O)Oc2cccc(/C=N\NC(=O)COc3cccc(Cl)c3)c2)cc1. The molecule has 7 nitrogen and oxygen atoms in total. The number of benzene rings is 3. The standard InChI is InChI=1S/C25H21ClN2O5/c1-31-21-11-8-18(9-12-21)10-13-25(30)33-23-7-2-4-19(14-23)16-27-28-24(29)17-32-22-6-3-5-20(26)15-22/h2-16H,17H2,1H3,(H,28,29)/b13-10+,27-16-. The molecule has 0 bridgehead atoms. The number of rotatable bonds is 9. The van der Waals surface area contributed by atoms with Gasteiger partial charge in [-0.1, -0.05) is 41.9 Å². The second kappa shape index (κ2) is 12.1. The van der Waals surface area contributed by atoms with E-state index in [1.165, 1.54) is 12.3 Å². The smallest absolute Gasteiger partial charge is 0.336 e. The highest BCUT2D eigenvalue weighted by molar-refractivity contribution is 6.30. The van der Waals surface area contributed by atoms with Crippen molar-refractivity contribution in [1.29, 1.82) is 0 Å². The fourth-order valence-electron chi connectivity index (χ4n) is 2.60. The van der Waals surface area contributed by atoms with Crippen LogP contribution in [0.25, 0.3) is 6.08 Å². The van der Waals surface area contributed by atoms with Crippen LogP contribution < -0.4 is 19.6 Å².